The van der Waals surface area contributed by atoms with Crippen LogP contribution in [-0.4, -0.2) is 65.7 Å². The molecule has 0 bridgehead atoms. The van der Waals surface area contributed by atoms with E-state index in [2.05, 4.69) is 22.5 Å². The van der Waals surface area contributed by atoms with Crippen molar-refractivity contribution in [3.05, 3.63) is 12.7 Å². The van der Waals surface area contributed by atoms with Crippen LogP contribution in [0.15, 0.2) is 12.7 Å². The molecule has 0 aromatic carbocycles. The number of amides is 5. The largest absolute Gasteiger partial charge is 0.352 e. The Hall–Kier alpha value is -2.91. The molecule has 200 valence electrons. The molecule has 1 aliphatic heterocycles. The SMILES string of the molecule is C=CCNC(=O)C(=O)C(CC1CCC1)NC(=O)[C@@H]1[C@H]2CCC[C@H]2CN1C(=O)[C@@H](NC(N)=O)C(C)(C)C. The number of nitrogens with two attached hydrogens (primary N) is 1. The number of carbonyl (C=O) groups is 5. The molecule has 1 heterocycles. The van der Waals surface area contributed by atoms with E-state index in [1.165, 1.54) is 6.08 Å². The smallest absolute Gasteiger partial charge is 0.312 e. The topological polar surface area (TPSA) is 151 Å². The number of rotatable bonds is 10. The number of likely N-dealkylation sites (tertiary alicyclic amines) is 1. The van der Waals surface area contributed by atoms with Crippen molar-refractivity contribution in [2.24, 2.45) is 28.9 Å². The Labute approximate surface area is 213 Å². The van der Waals surface area contributed by atoms with Gasteiger partial charge in [0.15, 0.2) is 0 Å². The van der Waals surface area contributed by atoms with E-state index >= 15 is 0 Å². The second kappa shape index (κ2) is 11.4. The van der Waals surface area contributed by atoms with E-state index < -0.39 is 47.2 Å². The molecule has 1 unspecified atom stereocenters. The van der Waals surface area contributed by atoms with Crippen molar-refractivity contribution in [1.82, 2.24) is 20.9 Å². The minimum atomic E-state index is -0.952. The molecule has 0 aromatic heterocycles. The van der Waals surface area contributed by atoms with E-state index in [-0.39, 0.29) is 30.2 Å². The molecule has 3 rings (SSSR count). The lowest BCUT2D eigenvalue weighted by Gasteiger charge is -2.36. The maximum atomic E-state index is 13.7. The van der Waals surface area contributed by atoms with Crippen LogP contribution < -0.4 is 21.7 Å². The third-order valence-corrected chi connectivity index (χ3v) is 7.90. The lowest BCUT2D eigenvalue weighted by molar-refractivity contribution is -0.144. The normalized spacial score (nSPS) is 25.2. The third-order valence-electron chi connectivity index (χ3n) is 7.90. The molecule has 10 heteroatoms. The predicted octanol–water partition coefficient (Wildman–Crippen LogP) is 1.24. The van der Waals surface area contributed by atoms with Crippen molar-refractivity contribution in [3.63, 3.8) is 0 Å². The van der Waals surface area contributed by atoms with E-state index in [9.17, 15) is 24.0 Å². The molecule has 10 nitrogen and oxygen atoms in total. The van der Waals surface area contributed by atoms with Crippen LogP contribution >= 0.6 is 0 Å². The molecule has 2 saturated carbocycles. The molecule has 0 radical (unpaired) electrons. The summed E-state index contributed by atoms with van der Waals surface area (Å²) in [5.41, 5.74) is 4.73. The summed E-state index contributed by atoms with van der Waals surface area (Å²) in [6.45, 7) is 9.59. The zero-order chi connectivity index (χ0) is 26.6. The fourth-order valence-corrected chi connectivity index (χ4v) is 5.79. The summed E-state index contributed by atoms with van der Waals surface area (Å²) in [5, 5.41) is 7.91. The molecule has 5 N–H and O–H groups in total. The molecule has 5 atom stereocenters. The first-order valence-corrected chi connectivity index (χ1v) is 13.0. The Balaban J connectivity index is 1.83. The van der Waals surface area contributed by atoms with Crippen molar-refractivity contribution in [2.75, 3.05) is 13.1 Å². The monoisotopic (exact) mass is 503 g/mol. The van der Waals surface area contributed by atoms with Gasteiger partial charge in [-0.25, -0.2) is 4.79 Å². The molecule has 3 fully saturated rings. The van der Waals surface area contributed by atoms with Gasteiger partial charge in [-0.05, 0) is 42.4 Å². The summed E-state index contributed by atoms with van der Waals surface area (Å²) in [6.07, 6.45) is 7.55. The van der Waals surface area contributed by atoms with Gasteiger partial charge in [0.2, 0.25) is 17.6 Å². The number of fused-ring (bicyclic) bond motifs is 1. The van der Waals surface area contributed by atoms with E-state index in [0.717, 1.165) is 38.5 Å². The number of nitrogens with zero attached hydrogens (tertiary/aromatic N) is 1. The van der Waals surface area contributed by atoms with Crippen molar-refractivity contribution >= 4 is 29.5 Å². The number of primary amides is 1. The Morgan fingerprint density at radius 2 is 1.72 bits per heavy atom. The van der Waals surface area contributed by atoms with E-state index in [4.69, 9.17) is 5.73 Å². The van der Waals surface area contributed by atoms with Crippen LogP contribution in [-0.2, 0) is 19.2 Å². The molecule has 2 aliphatic carbocycles. The number of urea groups is 1. The second-order valence-corrected chi connectivity index (χ2v) is 11.6. The molecule has 1 saturated heterocycles. The Bertz CT molecular complexity index is 894. The van der Waals surface area contributed by atoms with E-state index in [1.807, 2.05) is 20.8 Å². The fraction of sp³-hybridized carbons (Fsp3) is 0.731. The van der Waals surface area contributed by atoms with Gasteiger partial charge in [-0.15, -0.1) is 6.58 Å². The first kappa shape index (κ1) is 27.7. The minimum absolute atomic E-state index is 0.0304. The minimum Gasteiger partial charge on any atom is -0.352 e. The van der Waals surface area contributed by atoms with Gasteiger partial charge in [-0.3, -0.25) is 19.2 Å². The maximum Gasteiger partial charge on any atom is 0.312 e. The first-order valence-electron chi connectivity index (χ1n) is 13.0. The van der Waals surface area contributed by atoms with Gasteiger partial charge in [0.1, 0.15) is 12.1 Å². The predicted molar refractivity (Wildman–Crippen MR) is 134 cm³/mol. The molecule has 36 heavy (non-hydrogen) atoms. The second-order valence-electron chi connectivity index (χ2n) is 11.6. The standard InChI is InChI=1S/C26H41N5O5/c1-5-12-28-23(34)20(32)18(13-15-8-6-9-15)29-22(33)19-17-11-7-10-16(17)14-31(19)24(35)21(26(2,3)4)30-25(27)36/h5,15-19,21H,1,6-14H2,2-4H3,(H,28,34)(H,29,33)(H3,27,30,36)/t16-,17-,18?,19-,21+/m0/s1. The molecule has 3 aliphatic rings. The number of hydrogen-bond acceptors (Lipinski definition) is 5. The summed E-state index contributed by atoms with van der Waals surface area (Å²) in [4.78, 5) is 66.0. The van der Waals surface area contributed by atoms with Crippen LogP contribution in [0.4, 0.5) is 4.79 Å². The number of hydrogen-bond donors (Lipinski definition) is 4. The number of ketones is 1. The van der Waals surface area contributed by atoms with Gasteiger partial charge in [-0.2, -0.15) is 0 Å². The Morgan fingerprint density at radius 1 is 1.06 bits per heavy atom. The number of carbonyl (C=O) groups excluding carboxylic acids is 5. The summed E-state index contributed by atoms with van der Waals surface area (Å²) in [6, 6.07) is -3.42. The summed E-state index contributed by atoms with van der Waals surface area (Å²) < 4.78 is 0. The highest BCUT2D eigenvalue weighted by Gasteiger charge is 2.52. The van der Waals surface area contributed by atoms with Crippen molar-refractivity contribution in [2.45, 2.75) is 83.8 Å². The Morgan fingerprint density at radius 3 is 2.28 bits per heavy atom. The molecule has 5 amide bonds. The summed E-state index contributed by atoms with van der Waals surface area (Å²) >= 11 is 0. The van der Waals surface area contributed by atoms with Crippen LogP contribution in [0.2, 0.25) is 0 Å². The van der Waals surface area contributed by atoms with Crippen LogP contribution in [0.1, 0.15) is 65.7 Å². The van der Waals surface area contributed by atoms with E-state index in [0.29, 0.717) is 13.0 Å². The number of Topliss-reactive ketones (excluding diaryl/α,β-unsaturated/α-hetero) is 1. The van der Waals surface area contributed by atoms with Crippen molar-refractivity contribution in [3.8, 4) is 0 Å². The third kappa shape index (κ3) is 6.25. The fourth-order valence-electron chi connectivity index (χ4n) is 5.79. The first-order chi connectivity index (χ1) is 16.9. The molecular formula is C26H41N5O5. The van der Waals surface area contributed by atoms with Gasteiger partial charge >= 0.3 is 6.03 Å². The van der Waals surface area contributed by atoms with E-state index in [1.54, 1.807) is 4.90 Å². The maximum absolute atomic E-state index is 13.7. The average Bonchev–Trinajstić information content (AvgIpc) is 3.36. The lowest BCUT2D eigenvalue weighted by Crippen LogP contribution is -2.60. The highest BCUT2D eigenvalue weighted by Crippen LogP contribution is 2.43. The van der Waals surface area contributed by atoms with Crippen molar-refractivity contribution < 1.29 is 24.0 Å². The van der Waals surface area contributed by atoms with Crippen molar-refractivity contribution in [1.29, 1.82) is 0 Å². The summed E-state index contributed by atoms with van der Waals surface area (Å²) in [5.74, 6) is -1.79. The quantitative estimate of drug-likeness (QED) is 0.261. The zero-order valence-electron chi connectivity index (χ0n) is 21.7. The Kier molecular flexibility index (Phi) is 8.79. The lowest BCUT2D eigenvalue weighted by atomic mass is 9.80. The summed E-state index contributed by atoms with van der Waals surface area (Å²) in [7, 11) is 0. The van der Waals surface area contributed by atoms with Crippen LogP contribution in [0.3, 0.4) is 0 Å². The highest BCUT2D eigenvalue weighted by molar-refractivity contribution is 6.38. The van der Waals surface area contributed by atoms with Crippen LogP contribution in [0.5, 0.6) is 0 Å². The van der Waals surface area contributed by atoms with Gasteiger partial charge in [0, 0.05) is 13.1 Å². The van der Waals surface area contributed by atoms with Gasteiger partial charge in [0.25, 0.3) is 5.91 Å². The molecule has 0 aromatic rings. The average molecular weight is 504 g/mol. The number of nitrogens with one attached hydrogen (secondary N) is 3. The molecular weight excluding hydrogens is 462 g/mol. The van der Waals surface area contributed by atoms with Crippen LogP contribution in [0, 0.1) is 23.2 Å². The van der Waals surface area contributed by atoms with Gasteiger partial charge in [-0.1, -0.05) is 52.5 Å². The highest BCUT2D eigenvalue weighted by atomic mass is 16.2. The molecule has 0 spiro atoms. The van der Waals surface area contributed by atoms with Gasteiger partial charge in [0.05, 0.1) is 6.04 Å². The zero-order valence-corrected chi connectivity index (χ0v) is 21.7. The van der Waals surface area contributed by atoms with Gasteiger partial charge < -0.3 is 26.6 Å². The van der Waals surface area contributed by atoms with Crippen LogP contribution in [0.25, 0.3) is 0 Å².